The maximum Gasteiger partial charge on any atom is 0.244 e. The summed E-state index contributed by atoms with van der Waals surface area (Å²) in [5.74, 6) is 0.529. The zero-order valence-corrected chi connectivity index (χ0v) is 12.1. The largest absolute Gasteiger partial charge is 0.347 e. The van der Waals surface area contributed by atoms with Gasteiger partial charge in [0.1, 0.15) is 10.7 Å². The number of nitrogens with zero attached hydrogens (tertiary/aromatic N) is 3. The van der Waals surface area contributed by atoms with E-state index in [1.54, 1.807) is 12.4 Å². The Morgan fingerprint density at radius 1 is 1.50 bits per heavy atom. The summed E-state index contributed by atoms with van der Waals surface area (Å²) in [5, 5.41) is 8.78. The molecule has 0 aliphatic carbocycles. The van der Waals surface area contributed by atoms with Crippen LogP contribution in [0, 0.1) is 11.3 Å². The molecule has 1 aromatic carbocycles. The molecule has 0 saturated heterocycles. The fraction of sp³-hybridized carbons (Fsp3) is 0.167. The van der Waals surface area contributed by atoms with Gasteiger partial charge in [0.25, 0.3) is 0 Å². The third-order valence-corrected chi connectivity index (χ3v) is 4.96. The van der Waals surface area contributed by atoms with Crippen LogP contribution in [-0.4, -0.2) is 29.7 Å². The van der Waals surface area contributed by atoms with Crippen molar-refractivity contribution in [2.24, 2.45) is 0 Å². The van der Waals surface area contributed by atoms with Crippen LogP contribution in [-0.2, 0) is 16.6 Å². The van der Waals surface area contributed by atoms with Gasteiger partial charge in [-0.05, 0) is 18.2 Å². The van der Waals surface area contributed by atoms with Gasteiger partial charge in [0.05, 0.1) is 23.2 Å². The molecule has 0 fully saturated rings. The van der Waals surface area contributed by atoms with E-state index in [0.717, 1.165) is 4.31 Å². The van der Waals surface area contributed by atoms with Gasteiger partial charge in [0.15, 0.2) is 0 Å². The number of imidazole rings is 1. The van der Waals surface area contributed by atoms with Crippen LogP contribution in [0.1, 0.15) is 11.4 Å². The number of aromatic amines is 1. The molecule has 2 rings (SSSR count). The van der Waals surface area contributed by atoms with Crippen LogP contribution in [0.2, 0.25) is 5.02 Å². The van der Waals surface area contributed by atoms with E-state index in [0.29, 0.717) is 11.4 Å². The van der Waals surface area contributed by atoms with Crippen molar-refractivity contribution < 1.29 is 8.42 Å². The molecule has 8 heteroatoms. The van der Waals surface area contributed by atoms with Crippen LogP contribution in [0.5, 0.6) is 0 Å². The summed E-state index contributed by atoms with van der Waals surface area (Å²) in [7, 11) is -2.30. The highest BCUT2D eigenvalue weighted by molar-refractivity contribution is 7.89. The maximum atomic E-state index is 12.4. The standard InChI is InChI=1S/C12H11ClN4O2S/c1-17(8-12-15-4-5-16-12)20(18,19)11-3-2-9(7-14)6-10(11)13/h2-6H,8H2,1H3,(H,15,16). The number of benzene rings is 1. The van der Waals surface area contributed by atoms with Crippen LogP contribution in [0.25, 0.3) is 0 Å². The normalized spacial score (nSPS) is 11.5. The number of rotatable bonds is 4. The minimum absolute atomic E-state index is 0.0235. The van der Waals surface area contributed by atoms with Crippen molar-refractivity contribution in [3.05, 3.63) is 47.0 Å². The first kappa shape index (κ1) is 14.5. The van der Waals surface area contributed by atoms with Gasteiger partial charge in [-0.2, -0.15) is 9.57 Å². The van der Waals surface area contributed by atoms with E-state index in [2.05, 4.69) is 9.97 Å². The second-order valence-electron chi connectivity index (χ2n) is 4.05. The van der Waals surface area contributed by atoms with E-state index in [1.807, 2.05) is 6.07 Å². The Morgan fingerprint density at radius 2 is 2.25 bits per heavy atom. The van der Waals surface area contributed by atoms with E-state index < -0.39 is 10.0 Å². The number of nitrogens with one attached hydrogen (secondary N) is 1. The van der Waals surface area contributed by atoms with Crippen molar-refractivity contribution in [3.63, 3.8) is 0 Å². The molecule has 0 bridgehead atoms. The quantitative estimate of drug-likeness (QED) is 0.931. The van der Waals surface area contributed by atoms with Crippen molar-refractivity contribution in [1.29, 1.82) is 5.26 Å². The predicted octanol–water partition coefficient (Wildman–Crippen LogP) is 1.76. The van der Waals surface area contributed by atoms with Crippen LogP contribution in [0.15, 0.2) is 35.5 Å². The first-order valence-electron chi connectivity index (χ1n) is 5.59. The lowest BCUT2D eigenvalue weighted by Crippen LogP contribution is -2.27. The number of hydrogen-bond donors (Lipinski definition) is 1. The summed E-state index contributed by atoms with van der Waals surface area (Å²) in [6.45, 7) is 0.103. The highest BCUT2D eigenvalue weighted by atomic mass is 35.5. The topological polar surface area (TPSA) is 89.8 Å². The highest BCUT2D eigenvalue weighted by Gasteiger charge is 2.24. The predicted molar refractivity (Wildman–Crippen MR) is 73.4 cm³/mol. The fourth-order valence-corrected chi connectivity index (χ4v) is 3.27. The van der Waals surface area contributed by atoms with E-state index in [4.69, 9.17) is 16.9 Å². The van der Waals surface area contributed by atoms with Crippen molar-refractivity contribution in [3.8, 4) is 6.07 Å². The molecule has 104 valence electrons. The molecule has 0 atom stereocenters. The lowest BCUT2D eigenvalue weighted by atomic mass is 10.2. The Morgan fingerprint density at radius 3 is 2.80 bits per heavy atom. The van der Waals surface area contributed by atoms with Crippen molar-refractivity contribution in [2.45, 2.75) is 11.4 Å². The first-order chi connectivity index (χ1) is 9.45. The zero-order chi connectivity index (χ0) is 14.8. The summed E-state index contributed by atoms with van der Waals surface area (Å²) < 4.78 is 25.9. The summed E-state index contributed by atoms with van der Waals surface area (Å²) in [4.78, 5) is 6.77. The maximum absolute atomic E-state index is 12.4. The van der Waals surface area contributed by atoms with Crippen molar-refractivity contribution >= 4 is 21.6 Å². The molecule has 0 radical (unpaired) electrons. The van der Waals surface area contributed by atoms with E-state index in [-0.39, 0.29) is 16.5 Å². The second-order valence-corrected chi connectivity index (χ2v) is 6.47. The third-order valence-electron chi connectivity index (χ3n) is 2.68. The van der Waals surface area contributed by atoms with Crippen LogP contribution >= 0.6 is 11.6 Å². The number of aromatic nitrogens is 2. The molecule has 6 nitrogen and oxygen atoms in total. The average Bonchev–Trinajstić information content (AvgIpc) is 2.91. The summed E-state index contributed by atoms with van der Waals surface area (Å²) in [6, 6.07) is 5.98. The minimum Gasteiger partial charge on any atom is -0.347 e. The SMILES string of the molecule is CN(Cc1ncc[nH]1)S(=O)(=O)c1ccc(C#N)cc1Cl. The minimum atomic E-state index is -3.74. The Bertz CT molecular complexity index is 750. The van der Waals surface area contributed by atoms with Gasteiger partial charge >= 0.3 is 0 Å². The van der Waals surface area contributed by atoms with Crippen molar-refractivity contribution in [2.75, 3.05) is 7.05 Å². The second kappa shape index (κ2) is 5.63. The first-order valence-corrected chi connectivity index (χ1v) is 7.41. The molecular weight excluding hydrogens is 300 g/mol. The molecule has 0 saturated carbocycles. The fourth-order valence-electron chi connectivity index (χ4n) is 1.63. The molecule has 1 heterocycles. The molecule has 1 N–H and O–H groups in total. The number of sulfonamides is 1. The third kappa shape index (κ3) is 2.82. The average molecular weight is 311 g/mol. The molecule has 0 aliphatic rings. The van der Waals surface area contributed by atoms with Gasteiger partial charge in [0, 0.05) is 19.4 Å². The lowest BCUT2D eigenvalue weighted by molar-refractivity contribution is 0.458. The molecular formula is C12H11ClN4O2S. The summed E-state index contributed by atoms with van der Waals surface area (Å²) in [6.07, 6.45) is 3.16. The van der Waals surface area contributed by atoms with E-state index >= 15 is 0 Å². The zero-order valence-electron chi connectivity index (χ0n) is 10.5. The summed E-state index contributed by atoms with van der Waals surface area (Å²) >= 11 is 5.94. The molecule has 20 heavy (non-hydrogen) atoms. The molecule has 0 spiro atoms. The molecule has 0 aliphatic heterocycles. The molecule has 0 unspecified atom stereocenters. The summed E-state index contributed by atoms with van der Waals surface area (Å²) in [5.41, 5.74) is 0.308. The smallest absolute Gasteiger partial charge is 0.244 e. The van der Waals surface area contributed by atoms with Gasteiger partial charge < -0.3 is 4.98 Å². The monoisotopic (exact) mass is 310 g/mol. The number of H-pyrrole nitrogens is 1. The molecule has 1 aromatic heterocycles. The van der Waals surface area contributed by atoms with E-state index in [9.17, 15) is 8.42 Å². The van der Waals surface area contributed by atoms with Gasteiger partial charge in [-0.1, -0.05) is 11.6 Å². The van der Waals surface area contributed by atoms with Gasteiger partial charge in [-0.3, -0.25) is 0 Å². The van der Waals surface area contributed by atoms with Gasteiger partial charge in [-0.15, -0.1) is 0 Å². The van der Waals surface area contributed by atoms with Gasteiger partial charge in [0.2, 0.25) is 10.0 Å². The molecule has 0 amide bonds. The Balaban J connectivity index is 2.33. The Hall–Kier alpha value is -1.88. The van der Waals surface area contributed by atoms with Crippen molar-refractivity contribution in [1.82, 2.24) is 14.3 Å². The number of halogens is 1. The molecule has 2 aromatic rings. The highest BCUT2D eigenvalue weighted by Crippen LogP contribution is 2.25. The lowest BCUT2D eigenvalue weighted by Gasteiger charge is -2.16. The number of nitriles is 1. The Kier molecular flexibility index (Phi) is 4.09. The van der Waals surface area contributed by atoms with Crippen LogP contribution in [0.3, 0.4) is 0 Å². The van der Waals surface area contributed by atoms with Crippen LogP contribution < -0.4 is 0 Å². The van der Waals surface area contributed by atoms with E-state index in [1.165, 1.54) is 25.2 Å². The number of hydrogen-bond acceptors (Lipinski definition) is 4. The van der Waals surface area contributed by atoms with Gasteiger partial charge in [-0.25, -0.2) is 13.4 Å². The van der Waals surface area contributed by atoms with Crippen LogP contribution in [0.4, 0.5) is 0 Å². The Labute approximate surface area is 121 Å².